The average Bonchev–Trinajstić information content (AvgIpc) is 2.77. The lowest BCUT2D eigenvalue weighted by molar-refractivity contribution is -0.364. The van der Waals surface area contributed by atoms with Gasteiger partial charge in [-0.2, -0.15) is 17.5 Å². The number of rotatable bonds is 7. The van der Waals surface area contributed by atoms with Crippen LogP contribution in [0.15, 0.2) is 41.4 Å². The number of carbonyl (C=O) groups excluding carboxylic acids is 1. The van der Waals surface area contributed by atoms with E-state index in [0.717, 1.165) is 12.3 Å². The van der Waals surface area contributed by atoms with Crippen LogP contribution in [-0.2, 0) is 25.7 Å². The van der Waals surface area contributed by atoms with Gasteiger partial charge in [0, 0.05) is 13.1 Å². The highest BCUT2D eigenvalue weighted by molar-refractivity contribution is 7.89. The van der Waals surface area contributed by atoms with E-state index in [-0.39, 0.29) is 47.5 Å². The maximum atomic E-state index is 12.6. The lowest BCUT2D eigenvalue weighted by Gasteiger charge is -2.26. The van der Waals surface area contributed by atoms with Crippen molar-refractivity contribution in [3.63, 3.8) is 0 Å². The van der Waals surface area contributed by atoms with Crippen LogP contribution in [0.25, 0.3) is 0 Å². The van der Waals surface area contributed by atoms with Crippen LogP contribution in [0.5, 0.6) is 0 Å². The highest BCUT2D eigenvalue weighted by Crippen LogP contribution is 2.31. The summed E-state index contributed by atoms with van der Waals surface area (Å²) in [4.78, 5) is 14.6. The molecule has 0 bridgehead atoms. The van der Waals surface area contributed by atoms with Crippen LogP contribution in [0.3, 0.4) is 0 Å². The van der Waals surface area contributed by atoms with Gasteiger partial charge in [-0.15, -0.1) is 0 Å². The number of benzene rings is 1. The molecule has 0 saturated carbocycles. The van der Waals surface area contributed by atoms with Gasteiger partial charge in [-0.25, -0.2) is 18.2 Å². The Bertz CT molecular complexity index is 1060. The summed E-state index contributed by atoms with van der Waals surface area (Å²) in [7, 11) is -3.67. The van der Waals surface area contributed by atoms with Crippen LogP contribution < -0.4 is 10.3 Å². The molecule has 1 saturated heterocycles. The predicted molar refractivity (Wildman–Crippen MR) is 108 cm³/mol. The van der Waals surface area contributed by atoms with Crippen molar-refractivity contribution in [1.29, 1.82) is 0 Å². The zero-order chi connectivity index (χ0) is 23.4. The van der Waals surface area contributed by atoms with E-state index in [4.69, 9.17) is 21.1 Å². The third-order valence-corrected chi connectivity index (χ3v) is 6.77. The lowest BCUT2D eigenvalue weighted by atomic mass is 10.2. The van der Waals surface area contributed by atoms with Crippen molar-refractivity contribution in [2.45, 2.75) is 11.1 Å². The third kappa shape index (κ3) is 5.88. The Morgan fingerprint density at radius 2 is 1.88 bits per heavy atom. The number of nitrogens with one attached hydrogen (secondary N) is 2. The minimum Gasteiger partial charge on any atom is -0.458 e. The summed E-state index contributed by atoms with van der Waals surface area (Å²) >= 11 is 5.82. The van der Waals surface area contributed by atoms with Gasteiger partial charge in [0.2, 0.25) is 10.0 Å². The monoisotopic (exact) mass is 494 g/mol. The minimum atomic E-state index is -4.52. The van der Waals surface area contributed by atoms with Crippen LogP contribution in [0.1, 0.15) is 15.9 Å². The fourth-order valence-electron chi connectivity index (χ4n) is 2.87. The number of morpholine rings is 1. The lowest BCUT2D eigenvalue weighted by Crippen LogP contribution is -2.40. The molecule has 1 aliphatic heterocycles. The zero-order valence-corrected chi connectivity index (χ0v) is 18.2. The fourth-order valence-corrected chi connectivity index (χ4v) is 4.52. The molecular formula is C19H20ClF3N3O5S+. The van der Waals surface area contributed by atoms with Gasteiger partial charge in [0.05, 0.1) is 29.2 Å². The predicted octanol–water partition coefficient (Wildman–Crippen LogP) is 2.46. The highest BCUT2D eigenvalue weighted by Gasteiger charge is 2.33. The number of aromatic nitrogens is 1. The fraction of sp³-hybridized carbons (Fsp3) is 0.368. The van der Waals surface area contributed by atoms with E-state index in [1.807, 2.05) is 0 Å². The van der Waals surface area contributed by atoms with E-state index in [9.17, 15) is 26.4 Å². The molecule has 32 heavy (non-hydrogen) atoms. The number of anilines is 1. The van der Waals surface area contributed by atoms with Crippen molar-refractivity contribution in [1.82, 2.24) is 4.31 Å². The molecule has 174 valence electrons. The van der Waals surface area contributed by atoms with Crippen LogP contribution in [0.4, 0.5) is 19.0 Å². The van der Waals surface area contributed by atoms with Gasteiger partial charge in [-0.1, -0.05) is 11.6 Å². The van der Waals surface area contributed by atoms with Crippen molar-refractivity contribution in [2.75, 3.05) is 44.8 Å². The molecule has 3 rings (SSSR count). The summed E-state index contributed by atoms with van der Waals surface area (Å²) in [6.07, 6.45) is -3.75. The molecular weight excluding hydrogens is 475 g/mol. The zero-order valence-electron chi connectivity index (χ0n) is 16.6. The third-order valence-electron chi connectivity index (χ3n) is 4.56. The number of ether oxygens (including phenoxy) is 2. The molecule has 13 heteroatoms. The smallest absolute Gasteiger partial charge is 0.419 e. The van der Waals surface area contributed by atoms with Gasteiger partial charge in [-0.05, 0) is 30.3 Å². The molecule has 2 N–H and O–H groups in total. The highest BCUT2D eigenvalue weighted by atomic mass is 35.5. The van der Waals surface area contributed by atoms with Gasteiger partial charge in [0.15, 0.2) is 0 Å². The molecule has 1 aromatic carbocycles. The first kappa shape index (κ1) is 24.2. The Labute approximate surface area is 187 Å². The molecule has 8 nitrogen and oxygen atoms in total. The number of alkyl halides is 3. The van der Waals surface area contributed by atoms with Crippen molar-refractivity contribution in [3.8, 4) is 0 Å². The molecule has 1 fully saturated rings. The van der Waals surface area contributed by atoms with Gasteiger partial charge in [-0.3, -0.25) is 5.32 Å². The summed E-state index contributed by atoms with van der Waals surface area (Å²) in [5.41, 5.74) is -0.761. The number of sulfonamides is 1. The van der Waals surface area contributed by atoms with Crippen LogP contribution in [0.2, 0.25) is 5.02 Å². The molecule has 0 atom stereocenters. The van der Waals surface area contributed by atoms with E-state index in [0.29, 0.717) is 13.2 Å². The first-order chi connectivity index (χ1) is 15.1. The van der Waals surface area contributed by atoms with Gasteiger partial charge in [0.25, 0.3) is 5.82 Å². The molecule has 1 aromatic heterocycles. The van der Waals surface area contributed by atoms with Crippen LogP contribution >= 0.6 is 11.6 Å². The maximum Gasteiger partial charge on any atom is 0.419 e. The molecule has 0 radical (unpaired) electrons. The van der Waals surface area contributed by atoms with Crippen molar-refractivity contribution in [2.24, 2.45) is 0 Å². The topological polar surface area (TPSA) is 99.1 Å². The van der Waals surface area contributed by atoms with E-state index >= 15 is 0 Å². The molecule has 0 spiro atoms. The quantitative estimate of drug-likeness (QED) is 0.469. The number of esters is 1. The standard InChI is InChI=1S/C19H19ClF3N3O5S/c20-16-11-14(19(21,22)23)12-25-17(16)24-5-8-31-18(27)13-1-3-15(4-2-13)32(28,29)26-6-9-30-10-7-26/h1-4,11-12H,5-10H2,(H,24,25)/p+1. The number of pyridine rings is 1. The number of halogens is 4. The number of hydrogen-bond donors (Lipinski definition) is 1. The first-order valence-electron chi connectivity index (χ1n) is 9.46. The van der Waals surface area contributed by atoms with E-state index in [1.54, 1.807) is 0 Å². The number of nitrogens with zero attached hydrogens (tertiary/aromatic N) is 1. The molecule has 2 heterocycles. The Morgan fingerprint density at radius 1 is 1.22 bits per heavy atom. The average molecular weight is 495 g/mol. The largest absolute Gasteiger partial charge is 0.458 e. The van der Waals surface area contributed by atoms with Gasteiger partial charge < -0.3 is 9.47 Å². The van der Waals surface area contributed by atoms with Crippen molar-refractivity contribution in [3.05, 3.63) is 52.7 Å². The molecule has 0 amide bonds. The summed E-state index contributed by atoms with van der Waals surface area (Å²) in [5, 5.41) is 2.57. The number of carbonyl (C=O) groups is 1. The van der Waals surface area contributed by atoms with E-state index in [2.05, 4.69) is 10.3 Å². The van der Waals surface area contributed by atoms with E-state index < -0.39 is 27.7 Å². The van der Waals surface area contributed by atoms with Crippen LogP contribution in [-0.4, -0.2) is 58.1 Å². The Kier molecular flexibility index (Phi) is 7.59. The second kappa shape index (κ2) is 10.0. The summed E-state index contributed by atoms with van der Waals surface area (Å²) in [6, 6.07) is 6.14. The van der Waals surface area contributed by atoms with Gasteiger partial charge >= 0.3 is 12.1 Å². The van der Waals surface area contributed by atoms with Crippen molar-refractivity contribution >= 4 is 33.4 Å². The van der Waals surface area contributed by atoms with Gasteiger partial charge in [0.1, 0.15) is 24.4 Å². The first-order valence-corrected chi connectivity index (χ1v) is 11.3. The molecule has 1 aliphatic rings. The van der Waals surface area contributed by atoms with Crippen molar-refractivity contribution < 1.29 is 40.8 Å². The summed E-state index contributed by atoms with van der Waals surface area (Å²) in [5.74, 6) is -0.530. The minimum absolute atomic E-state index is 0.0603. The SMILES string of the molecule is O=C(OCCNc1[nH+]cc(C(F)(F)F)cc1Cl)c1ccc(S(=O)(=O)N2CCOCC2)cc1. The Morgan fingerprint density at radius 3 is 2.47 bits per heavy atom. The summed E-state index contributed by atoms with van der Waals surface area (Å²) < 4.78 is 74.7. The normalized spacial score (nSPS) is 15.4. The molecule has 0 unspecified atom stereocenters. The number of aromatic amines is 1. The second-order valence-electron chi connectivity index (χ2n) is 6.71. The van der Waals surface area contributed by atoms with Crippen LogP contribution in [0, 0.1) is 0 Å². The maximum absolute atomic E-state index is 12.6. The second-order valence-corrected chi connectivity index (χ2v) is 9.06. The van der Waals surface area contributed by atoms with E-state index in [1.165, 1.54) is 28.6 Å². The molecule has 0 aliphatic carbocycles. The Hall–Kier alpha value is -2.41. The Balaban J connectivity index is 1.51. The molecule has 2 aromatic rings. The number of hydrogen-bond acceptors (Lipinski definition) is 6. The number of H-pyrrole nitrogens is 1. The summed E-state index contributed by atoms with van der Waals surface area (Å²) in [6.45, 7) is 1.16.